The molecule has 1 N–H and O–H groups in total. The van der Waals surface area contributed by atoms with Crippen molar-refractivity contribution in [2.24, 2.45) is 5.92 Å². The fourth-order valence-corrected chi connectivity index (χ4v) is 6.46. The van der Waals surface area contributed by atoms with E-state index in [1.54, 1.807) is 0 Å². The largest absolute Gasteiger partial charge is 0.490 e. The molecular formula is C26H23ClF2N4O3S2. The van der Waals surface area contributed by atoms with Gasteiger partial charge in [0.15, 0.2) is 11.6 Å². The third-order valence-corrected chi connectivity index (χ3v) is 8.69. The minimum Gasteiger partial charge on any atom is -0.490 e. The highest BCUT2D eigenvalue weighted by atomic mass is 35.5. The first-order valence-corrected chi connectivity index (χ1v) is 14.3. The van der Waals surface area contributed by atoms with Crippen LogP contribution in [-0.4, -0.2) is 42.4 Å². The second-order valence-corrected chi connectivity index (χ2v) is 11.8. The van der Waals surface area contributed by atoms with Crippen LogP contribution < -0.4 is 9.46 Å². The normalized spacial score (nSPS) is 18.0. The van der Waals surface area contributed by atoms with Crippen LogP contribution in [0.5, 0.6) is 5.75 Å². The van der Waals surface area contributed by atoms with Crippen LogP contribution >= 0.6 is 23.1 Å². The van der Waals surface area contributed by atoms with E-state index >= 15 is 0 Å². The van der Waals surface area contributed by atoms with Crippen LogP contribution in [0.3, 0.4) is 0 Å². The Morgan fingerprint density at radius 2 is 1.82 bits per heavy atom. The van der Waals surface area contributed by atoms with Gasteiger partial charge in [0.25, 0.3) is 10.0 Å². The van der Waals surface area contributed by atoms with Crippen molar-refractivity contribution in [2.45, 2.75) is 17.4 Å². The molecule has 1 unspecified atom stereocenters. The molecule has 0 saturated carbocycles. The van der Waals surface area contributed by atoms with Crippen molar-refractivity contribution >= 4 is 38.3 Å². The van der Waals surface area contributed by atoms with E-state index in [2.05, 4.69) is 31.1 Å². The fourth-order valence-electron chi connectivity index (χ4n) is 4.60. The number of nitrogens with zero attached hydrogens (tertiary/aromatic N) is 3. The highest BCUT2D eigenvalue weighted by Gasteiger charge is 2.35. The number of benzene rings is 3. The van der Waals surface area contributed by atoms with Gasteiger partial charge in [0.1, 0.15) is 17.0 Å². The van der Waals surface area contributed by atoms with Gasteiger partial charge in [-0.05, 0) is 23.3 Å². The molecule has 1 saturated heterocycles. The maximum atomic E-state index is 14.9. The molecule has 0 radical (unpaired) electrons. The van der Waals surface area contributed by atoms with E-state index in [0.717, 1.165) is 42.6 Å². The second kappa shape index (κ2) is 11.3. The summed E-state index contributed by atoms with van der Waals surface area (Å²) in [7, 11) is -4.40. The molecule has 0 amide bonds. The summed E-state index contributed by atoms with van der Waals surface area (Å²) in [6, 6.07) is 19.1. The lowest BCUT2D eigenvalue weighted by Gasteiger charge is -2.20. The lowest BCUT2D eigenvalue weighted by molar-refractivity contribution is 0.224. The number of aromatic nitrogens is 2. The number of rotatable bonds is 9. The molecule has 38 heavy (non-hydrogen) atoms. The van der Waals surface area contributed by atoms with Gasteiger partial charge in [-0.25, -0.2) is 22.2 Å². The zero-order chi connectivity index (χ0) is 26.7. The van der Waals surface area contributed by atoms with Crippen LogP contribution in [0.25, 0.3) is 0 Å². The highest BCUT2D eigenvalue weighted by molar-refractivity contribution is 7.93. The van der Waals surface area contributed by atoms with Gasteiger partial charge >= 0.3 is 0 Å². The summed E-state index contributed by atoms with van der Waals surface area (Å²) in [4.78, 5) is 5.16. The Kier molecular flexibility index (Phi) is 7.89. The van der Waals surface area contributed by atoms with Crippen LogP contribution in [0.1, 0.15) is 17.0 Å². The number of hydrogen-bond acceptors (Lipinski definition) is 7. The van der Waals surface area contributed by atoms with Crippen molar-refractivity contribution in [3.05, 3.63) is 101 Å². The molecule has 1 aliphatic heterocycles. The molecule has 12 heteroatoms. The number of sulfonamides is 1. The predicted octanol–water partition coefficient (Wildman–Crippen LogP) is 5.57. The van der Waals surface area contributed by atoms with Crippen molar-refractivity contribution in [1.29, 1.82) is 0 Å². The first-order valence-electron chi connectivity index (χ1n) is 11.7. The number of likely N-dealkylation sites (tertiary alicyclic amines) is 1. The zero-order valence-electron chi connectivity index (χ0n) is 19.9. The molecule has 3 aromatic carbocycles. The fraction of sp³-hybridized carbons (Fsp3) is 0.231. The SMILES string of the molecule is O=S(=O)(Nc1ncns1)c1cc(F)c(OC[C@@H]2CN(Cc3ccccc3)CC2c2ccc(Cl)cc2)cc1F. The second-order valence-electron chi connectivity index (χ2n) is 8.97. The molecule has 1 fully saturated rings. The van der Waals surface area contributed by atoms with E-state index in [1.165, 1.54) is 5.56 Å². The predicted molar refractivity (Wildman–Crippen MR) is 142 cm³/mol. The molecule has 1 aromatic heterocycles. The van der Waals surface area contributed by atoms with Crippen LogP contribution in [0.2, 0.25) is 5.02 Å². The van der Waals surface area contributed by atoms with Crippen molar-refractivity contribution in [3.8, 4) is 5.75 Å². The van der Waals surface area contributed by atoms with Crippen LogP contribution in [0.15, 0.2) is 78.0 Å². The monoisotopic (exact) mass is 576 g/mol. The molecule has 5 rings (SSSR count). The Labute approximate surface area is 228 Å². The van der Waals surface area contributed by atoms with Gasteiger partial charge < -0.3 is 4.74 Å². The Hall–Kier alpha value is -3.12. The minimum atomic E-state index is -4.40. The number of anilines is 1. The van der Waals surface area contributed by atoms with Gasteiger partial charge in [-0.15, -0.1) is 0 Å². The summed E-state index contributed by atoms with van der Waals surface area (Å²) in [5.74, 6) is -2.41. The molecule has 2 heterocycles. The van der Waals surface area contributed by atoms with Crippen molar-refractivity contribution in [2.75, 3.05) is 24.4 Å². The van der Waals surface area contributed by atoms with E-state index < -0.39 is 26.6 Å². The molecule has 7 nitrogen and oxygen atoms in total. The molecule has 4 aromatic rings. The maximum Gasteiger partial charge on any atom is 0.266 e. The summed E-state index contributed by atoms with van der Waals surface area (Å²) in [6.45, 7) is 2.31. The summed E-state index contributed by atoms with van der Waals surface area (Å²) >= 11 is 6.86. The Balaban J connectivity index is 1.33. The molecule has 0 spiro atoms. The Morgan fingerprint density at radius 1 is 1.05 bits per heavy atom. The van der Waals surface area contributed by atoms with Crippen molar-refractivity contribution in [3.63, 3.8) is 0 Å². The van der Waals surface area contributed by atoms with Gasteiger partial charge in [-0.1, -0.05) is 54.1 Å². The number of ether oxygens (including phenoxy) is 1. The van der Waals surface area contributed by atoms with Crippen molar-refractivity contribution in [1.82, 2.24) is 14.3 Å². The molecular weight excluding hydrogens is 554 g/mol. The average molecular weight is 577 g/mol. The third-order valence-electron chi connectivity index (χ3n) is 6.38. The van der Waals surface area contributed by atoms with E-state index in [-0.39, 0.29) is 29.3 Å². The molecule has 2 atom stereocenters. The zero-order valence-corrected chi connectivity index (χ0v) is 22.3. The van der Waals surface area contributed by atoms with E-state index in [1.807, 2.05) is 42.5 Å². The van der Waals surface area contributed by atoms with Crippen molar-refractivity contribution < 1.29 is 21.9 Å². The molecule has 1 aliphatic rings. The molecule has 0 bridgehead atoms. The highest BCUT2D eigenvalue weighted by Crippen LogP contribution is 2.35. The van der Waals surface area contributed by atoms with Gasteiger partial charge in [0, 0.05) is 60.2 Å². The van der Waals surface area contributed by atoms with Gasteiger partial charge in [0.2, 0.25) is 5.13 Å². The van der Waals surface area contributed by atoms with Crippen LogP contribution in [0.4, 0.5) is 13.9 Å². The quantitative estimate of drug-likeness (QED) is 0.281. The Bertz CT molecular complexity index is 1490. The summed E-state index contributed by atoms with van der Waals surface area (Å²) in [5, 5.41) is 0.577. The molecule has 0 aliphatic carbocycles. The van der Waals surface area contributed by atoms with E-state index in [4.69, 9.17) is 16.3 Å². The number of nitrogens with one attached hydrogen (secondary N) is 1. The summed E-state index contributed by atoms with van der Waals surface area (Å²) < 4.78 is 66.3. The van der Waals surface area contributed by atoms with E-state index in [0.29, 0.717) is 17.6 Å². The maximum absolute atomic E-state index is 14.9. The van der Waals surface area contributed by atoms with Crippen LogP contribution in [-0.2, 0) is 16.6 Å². The lowest BCUT2D eigenvalue weighted by Crippen LogP contribution is -2.22. The smallest absolute Gasteiger partial charge is 0.266 e. The van der Waals surface area contributed by atoms with E-state index in [9.17, 15) is 17.2 Å². The summed E-state index contributed by atoms with van der Waals surface area (Å²) in [6.07, 6.45) is 1.15. The number of halogens is 3. The van der Waals surface area contributed by atoms with Gasteiger partial charge in [-0.3, -0.25) is 9.62 Å². The summed E-state index contributed by atoms with van der Waals surface area (Å²) in [5.41, 5.74) is 2.25. The first kappa shape index (κ1) is 26.5. The number of hydrogen-bond donors (Lipinski definition) is 1. The topological polar surface area (TPSA) is 84.4 Å². The standard InChI is InChI=1S/C26H23ClF2N4O3S2/c27-20-8-6-18(7-9-20)21-14-33(12-17-4-2-1-3-5-17)13-19(21)15-36-24-10-23(29)25(11-22(24)28)38(34,35)32-26-30-16-31-37-26/h1-11,16,19,21H,12-15H2,(H,30,31,32)/t19-,21?/m0/s1. The van der Waals surface area contributed by atoms with Crippen LogP contribution in [0, 0.1) is 17.6 Å². The Morgan fingerprint density at radius 3 is 2.53 bits per heavy atom. The minimum absolute atomic E-state index is 0.0233. The van der Waals surface area contributed by atoms with Gasteiger partial charge in [0.05, 0.1) is 6.61 Å². The third kappa shape index (κ3) is 6.12. The van der Waals surface area contributed by atoms with Gasteiger partial charge in [-0.2, -0.15) is 4.37 Å². The lowest BCUT2D eigenvalue weighted by atomic mass is 9.89. The first-order chi connectivity index (χ1) is 18.3. The average Bonchev–Trinajstić information content (AvgIpc) is 3.55. The molecule has 198 valence electrons.